The quantitative estimate of drug-likeness (QED) is 0.477. The van der Waals surface area contributed by atoms with E-state index >= 15 is 0 Å². The second kappa shape index (κ2) is 30.1. The van der Waals surface area contributed by atoms with E-state index in [0.29, 0.717) is 0 Å². The summed E-state index contributed by atoms with van der Waals surface area (Å²) in [5.74, 6) is 0. The molecule has 0 aliphatic heterocycles. The summed E-state index contributed by atoms with van der Waals surface area (Å²) in [6, 6.07) is 0. The van der Waals surface area contributed by atoms with E-state index in [0.717, 1.165) is 0 Å². The average Bonchev–Trinajstić information content (AvgIpc) is 0. The Bertz CT molecular complexity index is 11.6. The van der Waals surface area contributed by atoms with Crippen molar-refractivity contribution in [3.63, 3.8) is 0 Å². The van der Waals surface area contributed by atoms with Crippen LogP contribution in [0.3, 0.4) is 0 Å². The largest absolute Gasteiger partial charge is 0.0149 e. The van der Waals surface area contributed by atoms with Crippen molar-refractivity contribution < 1.29 is 77.7 Å². The van der Waals surface area contributed by atoms with Gasteiger partial charge >= 0.3 is 0 Å². The summed E-state index contributed by atoms with van der Waals surface area (Å²) in [4.78, 5) is 0. The van der Waals surface area contributed by atoms with E-state index in [9.17, 15) is 0 Å². The Morgan fingerprint density at radius 2 is 1.00 bits per heavy atom. The van der Waals surface area contributed by atoms with E-state index in [-0.39, 0.29) is 88.7 Å². The molecular formula is H4CrFeMnSiZr. The summed E-state index contributed by atoms with van der Waals surface area (Å²) >= 11 is 0. The van der Waals surface area contributed by atoms with Crippen LogP contribution < -0.4 is 0 Å². The van der Waals surface area contributed by atoms with Gasteiger partial charge in [0.1, 0.15) is 0 Å². The van der Waals surface area contributed by atoms with Crippen LogP contribution in [0.1, 0.15) is 0 Å². The molecule has 0 aliphatic rings. The van der Waals surface area contributed by atoms with Crippen molar-refractivity contribution in [2.45, 2.75) is 0 Å². The predicted molar refractivity (Wildman–Crippen MR) is 11.3 cm³/mol. The summed E-state index contributed by atoms with van der Waals surface area (Å²) in [7, 11) is 0. The molecule has 0 saturated heterocycles. The van der Waals surface area contributed by atoms with Gasteiger partial charge in [-0.25, -0.2) is 0 Å². The van der Waals surface area contributed by atoms with E-state index < -0.39 is 0 Å². The fourth-order valence-electron chi connectivity index (χ4n) is 0. The first-order chi connectivity index (χ1) is 0. The minimum absolute atomic E-state index is 0. The van der Waals surface area contributed by atoms with Gasteiger partial charge in [0.2, 0.25) is 0 Å². The number of hydrogen-bond acceptors (Lipinski definition) is 0. The van der Waals surface area contributed by atoms with Crippen LogP contribution in [0.5, 0.6) is 0 Å². The zero-order valence-electron chi connectivity index (χ0n) is 1.64. The van der Waals surface area contributed by atoms with Crippen molar-refractivity contribution in [2.75, 3.05) is 0 Å². The van der Waals surface area contributed by atoms with Gasteiger partial charge in [0, 0.05) is 77.7 Å². The van der Waals surface area contributed by atoms with Crippen LogP contribution in [0.25, 0.3) is 0 Å². The minimum Gasteiger partial charge on any atom is -0.0149 e. The van der Waals surface area contributed by atoms with Crippen molar-refractivity contribution in [1.82, 2.24) is 0 Å². The fourth-order valence-corrected chi connectivity index (χ4v) is 0. The van der Waals surface area contributed by atoms with Crippen molar-refractivity contribution in [1.29, 1.82) is 0 Å². The molecule has 0 saturated carbocycles. The number of rotatable bonds is 0. The Morgan fingerprint density at radius 1 is 1.00 bits per heavy atom. The minimum atomic E-state index is 0. The first-order valence-corrected chi connectivity index (χ1v) is 0. The average molecular weight is 286 g/mol. The van der Waals surface area contributed by atoms with Crippen molar-refractivity contribution in [3.05, 3.63) is 0 Å². The Balaban J connectivity index is 0. The molecule has 0 aromatic rings. The molecule has 0 nitrogen and oxygen atoms in total. The first kappa shape index (κ1) is 47.8. The zero-order chi connectivity index (χ0) is 0. The smallest absolute Gasteiger partial charge is 0 e. The first-order valence-electron chi connectivity index (χ1n) is 0. The van der Waals surface area contributed by atoms with Gasteiger partial charge in [-0.15, -0.1) is 0 Å². The normalized spacial score (nSPS) is 0. The molecule has 5 heteroatoms. The molecule has 0 aliphatic carbocycles. The maximum atomic E-state index is 0. The van der Waals surface area contributed by atoms with Gasteiger partial charge in [-0.1, -0.05) is 0 Å². The standard InChI is InChI=1S/Cr.Fe.Mn.H4Si.Zr/h;;;1H4;. The van der Waals surface area contributed by atoms with Crippen molar-refractivity contribution >= 4 is 11.0 Å². The summed E-state index contributed by atoms with van der Waals surface area (Å²) in [6.07, 6.45) is 0. The maximum absolute atomic E-state index is 0. The Morgan fingerprint density at radius 3 is 1.00 bits per heavy atom. The van der Waals surface area contributed by atoms with E-state index in [1.165, 1.54) is 0 Å². The molecule has 0 rings (SSSR count). The van der Waals surface area contributed by atoms with Gasteiger partial charge in [-0.2, -0.15) is 0 Å². The molecule has 0 aromatic carbocycles. The third-order valence-electron chi connectivity index (χ3n) is 0. The molecule has 0 N–H and O–H groups in total. The third-order valence-corrected chi connectivity index (χ3v) is 0. The van der Waals surface area contributed by atoms with E-state index in [1.807, 2.05) is 0 Å². The summed E-state index contributed by atoms with van der Waals surface area (Å²) < 4.78 is 0. The molecular weight excluding hydrogens is 282 g/mol. The molecule has 33 valence electrons. The summed E-state index contributed by atoms with van der Waals surface area (Å²) in [5, 5.41) is 0. The molecule has 1 radical (unpaired) electrons. The number of hydrogen-bond donors (Lipinski definition) is 0. The Kier molecular flexibility index (Phi) is 288. The van der Waals surface area contributed by atoms with Crippen molar-refractivity contribution in [3.8, 4) is 0 Å². The van der Waals surface area contributed by atoms with E-state index in [4.69, 9.17) is 0 Å². The molecule has 0 atom stereocenters. The molecule has 5 heavy (non-hydrogen) atoms. The van der Waals surface area contributed by atoms with Crippen molar-refractivity contribution in [2.24, 2.45) is 0 Å². The summed E-state index contributed by atoms with van der Waals surface area (Å²) in [6.45, 7) is 0. The summed E-state index contributed by atoms with van der Waals surface area (Å²) in [5.41, 5.74) is 0. The molecule has 0 bridgehead atoms. The van der Waals surface area contributed by atoms with Crippen LogP contribution in [0, 0.1) is 0 Å². The van der Waals surface area contributed by atoms with E-state index in [1.54, 1.807) is 0 Å². The van der Waals surface area contributed by atoms with Crippen LogP contribution >= 0.6 is 0 Å². The van der Waals surface area contributed by atoms with Crippen LogP contribution in [0.2, 0.25) is 0 Å². The van der Waals surface area contributed by atoms with Gasteiger partial charge < -0.3 is 0 Å². The van der Waals surface area contributed by atoms with Crippen LogP contribution in [-0.4, -0.2) is 11.0 Å². The van der Waals surface area contributed by atoms with Crippen LogP contribution in [0.15, 0.2) is 0 Å². The second-order valence-corrected chi connectivity index (χ2v) is 0. The van der Waals surface area contributed by atoms with E-state index in [2.05, 4.69) is 0 Å². The topological polar surface area (TPSA) is 0 Å². The zero-order valence-corrected chi connectivity index (χ0v) is 7.66. The van der Waals surface area contributed by atoms with Gasteiger partial charge in [-0.05, 0) is 11.0 Å². The Labute approximate surface area is 87.5 Å². The van der Waals surface area contributed by atoms with Gasteiger partial charge in [0.05, 0.1) is 0 Å². The predicted octanol–water partition coefficient (Wildman–Crippen LogP) is -1.46. The SMILES string of the molecule is [Cr].[Fe].[Mn].[SiH4].[Zr]. The van der Waals surface area contributed by atoms with Gasteiger partial charge in [0.15, 0.2) is 0 Å². The van der Waals surface area contributed by atoms with Gasteiger partial charge in [0.25, 0.3) is 0 Å². The molecule has 0 aromatic heterocycles. The molecule has 0 unspecified atom stereocenters. The van der Waals surface area contributed by atoms with Crippen LogP contribution in [-0.2, 0) is 77.7 Å². The van der Waals surface area contributed by atoms with Gasteiger partial charge in [-0.3, -0.25) is 0 Å². The Hall–Kier alpha value is 2.67. The second-order valence-electron chi connectivity index (χ2n) is 0. The molecule has 0 heterocycles. The maximum Gasteiger partial charge on any atom is 0 e. The molecule has 0 amide bonds. The molecule has 0 fully saturated rings. The monoisotopic (exact) mass is 285 g/mol. The molecule has 0 spiro atoms. The van der Waals surface area contributed by atoms with Crippen LogP contribution in [0.4, 0.5) is 0 Å². The fraction of sp³-hybridized carbons (Fsp3) is 0. The third kappa shape index (κ3) is 20.4.